The molecule has 1 aromatic rings. The highest BCUT2D eigenvalue weighted by atomic mass is 16.4. The van der Waals surface area contributed by atoms with Gasteiger partial charge in [0, 0.05) is 19.2 Å². The van der Waals surface area contributed by atoms with E-state index in [0.29, 0.717) is 25.1 Å². The Balaban J connectivity index is 2.05. The highest BCUT2D eigenvalue weighted by Crippen LogP contribution is 2.33. The summed E-state index contributed by atoms with van der Waals surface area (Å²) in [5, 5.41) is 9.43. The highest BCUT2D eigenvalue weighted by molar-refractivity contribution is 5.92. The van der Waals surface area contributed by atoms with Crippen molar-refractivity contribution >= 4 is 18.0 Å². The maximum absolute atomic E-state index is 12.2. The van der Waals surface area contributed by atoms with E-state index in [2.05, 4.69) is 0 Å². The minimum absolute atomic E-state index is 0.164. The molecule has 0 aliphatic carbocycles. The number of amides is 1. The quantitative estimate of drug-likeness (QED) is 0.866. The lowest BCUT2D eigenvalue weighted by Gasteiger charge is -2.39. The molecule has 1 fully saturated rings. The van der Waals surface area contributed by atoms with E-state index >= 15 is 0 Å². The topological polar surface area (TPSA) is 70.8 Å². The molecule has 5 nitrogen and oxygen atoms in total. The molecular formula is C16H21NO4. The van der Waals surface area contributed by atoms with Crippen molar-refractivity contribution in [3.05, 3.63) is 29.7 Å². The molecule has 1 amide bonds. The second kappa shape index (κ2) is 6.16. The Kier molecular flexibility index (Phi) is 4.50. The molecule has 0 radical (unpaired) electrons. The monoisotopic (exact) mass is 291 g/mol. The molecule has 1 unspecified atom stereocenters. The van der Waals surface area contributed by atoms with Crippen LogP contribution < -0.4 is 0 Å². The van der Waals surface area contributed by atoms with Crippen molar-refractivity contribution in [2.75, 3.05) is 13.1 Å². The van der Waals surface area contributed by atoms with Gasteiger partial charge in [-0.3, -0.25) is 9.59 Å². The lowest BCUT2D eigenvalue weighted by Crippen LogP contribution is -2.49. The van der Waals surface area contributed by atoms with Gasteiger partial charge in [0.05, 0.1) is 5.41 Å². The maximum atomic E-state index is 12.2. The Morgan fingerprint density at radius 1 is 1.48 bits per heavy atom. The molecule has 1 aliphatic heterocycles. The fourth-order valence-corrected chi connectivity index (χ4v) is 2.74. The van der Waals surface area contributed by atoms with Gasteiger partial charge in [0.25, 0.3) is 0 Å². The van der Waals surface area contributed by atoms with Gasteiger partial charge in [0.2, 0.25) is 5.91 Å². The number of hydrogen-bond acceptors (Lipinski definition) is 3. The summed E-state index contributed by atoms with van der Waals surface area (Å²) >= 11 is 0. The molecule has 1 aromatic heterocycles. The number of aryl methyl sites for hydroxylation is 1. The van der Waals surface area contributed by atoms with Crippen molar-refractivity contribution in [1.82, 2.24) is 4.90 Å². The van der Waals surface area contributed by atoms with E-state index in [1.165, 1.54) is 6.08 Å². The summed E-state index contributed by atoms with van der Waals surface area (Å²) in [5.74, 6) is 0.435. The van der Waals surface area contributed by atoms with E-state index in [1.807, 2.05) is 19.9 Å². The predicted octanol–water partition coefficient (Wildman–Crippen LogP) is 2.70. The number of furan rings is 1. The summed E-state index contributed by atoms with van der Waals surface area (Å²) in [4.78, 5) is 25.3. The Bertz CT molecular complexity index is 560. The van der Waals surface area contributed by atoms with Gasteiger partial charge in [-0.2, -0.15) is 0 Å². The van der Waals surface area contributed by atoms with Crippen molar-refractivity contribution < 1.29 is 19.1 Å². The van der Waals surface area contributed by atoms with E-state index in [9.17, 15) is 14.7 Å². The molecule has 1 aliphatic rings. The van der Waals surface area contributed by atoms with E-state index in [0.717, 1.165) is 12.2 Å². The summed E-state index contributed by atoms with van der Waals surface area (Å²) in [6, 6.07) is 3.63. The van der Waals surface area contributed by atoms with Crippen LogP contribution in [0.4, 0.5) is 0 Å². The third kappa shape index (κ3) is 3.35. The molecule has 2 heterocycles. The van der Waals surface area contributed by atoms with Crippen molar-refractivity contribution in [1.29, 1.82) is 0 Å². The summed E-state index contributed by atoms with van der Waals surface area (Å²) in [6.07, 6.45) is 4.96. The van der Waals surface area contributed by atoms with Gasteiger partial charge in [0.1, 0.15) is 11.5 Å². The third-order valence-electron chi connectivity index (χ3n) is 4.17. The second-order valence-corrected chi connectivity index (χ2v) is 5.58. The summed E-state index contributed by atoms with van der Waals surface area (Å²) in [5.41, 5.74) is -0.803. The minimum atomic E-state index is -0.812. The fourth-order valence-electron chi connectivity index (χ4n) is 2.74. The molecule has 0 bridgehead atoms. The number of carbonyl (C=O) groups is 2. The van der Waals surface area contributed by atoms with E-state index in [1.54, 1.807) is 17.0 Å². The number of carbonyl (C=O) groups excluding carboxylic acids is 1. The van der Waals surface area contributed by atoms with Crippen LogP contribution in [-0.4, -0.2) is 35.0 Å². The largest absolute Gasteiger partial charge is 0.481 e. The van der Waals surface area contributed by atoms with E-state index < -0.39 is 11.4 Å². The molecule has 1 atom stereocenters. The van der Waals surface area contributed by atoms with Crippen molar-refractivity contribution in [2.45, 2.75) is 33.1 Å². The average molecular weight is 291 g/mol. The van der Waals surface area contributed by atoms with Gasteiger partial charge in [-0.1, -0.05) is 6.92 Å². The molecule has 0 aromatic carbocycles. The SMILES string of the molecule is CCC1(C(=O)O)CCCN(C(=O)C=Cc2ccc(C)o2)C1. The zero-order chi connectivity index (χ0) is 15.5. The van der Waals surface area contributed by atoms with Crippen molar-refractivity contribution in [3.63, 3.8) is 0 Å². The summed E-state index contributed by atoms with van der Waals surface area (Å²) < 4.78 is 5.37. The Morgan fingerprint density at radius 2 is 2.24 bits per heavy atom. The number of carboxylic acids is 1. The van der Waals surface area contributed by atoms with Crippen LogP contribution in [0.15, 0.2) is 22.6 Å². The molecular weight excluding hydrogens is 270 g/mol. The van der Waals surface area contributed by atoms with Gasteiger partial charge in [-0.25, -0.2) is 0 Å². The van der Waals surface area contributed by atoms with Crippen LogP contribution >= 0.6 is 0 Å². The van der Waals surface area contributed by atoms with Gasteiger partial charge in [-0.15, -0.1) is 0 Å². The molecule has 1 saturated heterocycles. The van der Waals surface area contributed by atoms with E-state index in [-0.39, 0.29) is 12.5 Å². The standard InChI is InChI=1S/C16H21NO4/c1-3-16(15(19)20)9-4-10-17(11-16)14(18)8-7-13-6-5-12(2)21-13/h5-8H,3-4,9-11H2,1-2H3,(H,19,20). The first-order valence-corrected chi connectivity index (χ1v) is 7.24. The zero-order valence-corrected chi connectivity index (χ0v) is 12.5. The Hall–Kier alpha value is -2.04. The second-order valence-electron chi connectivity index (χ2n) is 5.58. The van der Waals surface area contributed by atoms with Gasteiger partial charge < -0.3 is 14.4 Å². The molecule has 21 heavy (non-hydrogen) atoms. The normalized spacial score (nSPS) is 22.7. The van der Waals surface area contributed by atoms with Crippen LogP contribution in [0.2, 0.25) is 0 Å². The highest BCUT2D eigenvalue weighted by Gasteiger charge is 2.41. The number of likely N-dealkylation sites (tertiary alicyclic amines) is 1. The van der Waals surface area contributed by atoms with Crippen LogP contribution in [0.1, 0.15) is 37.7 Å². The van der Waals surface area contributed by atoms with Crippen LogP contribution in [0.5, 0.6) is 0 Å². The number of aliphatic carboxylic acids is 1. The van der Waals surface area contributed by atoms with Crippen LogP contribution in [-0.2, 0) is 9.59 Å². The van der Waals surface area contributed by atoms with Crippen LogP contribution in [0, 0.1) is 12.3 Å². The number of rotatable bonds is 4. The predicted molar refractivity (Wildman–Crippen MR) is 78.7 cm³/mol. The smallest absolute Gasteiger partial charge is 0.311 e. The Morgan fingerprint density at radius 3 is 2.81 bits per heavy atom. The number of hydrogen-bond donors (Lipinski definition) is 1. The van der Waals surface area contributed by atoms with Crippen LogP contribution in [0.3, 0.4) is 0 Å². The zero-order valence-electron chi connectivity index (χ0n) is 12.5. The van der Waals surface area contributed by atoms with E-state index in [4.69, 9.17) is 4.42 Å². The maximum Gasteiger partial charge on any atom is 0.311 e. The summed E-state index contributed by atoms with van der Waals surface area (Å²) in [7, 11) is 0. The molecule has 1 N–H and O–H groups in total. The number of piperidine rings is 1. The fraction of sp³-hybridized carbons (Fsp3) is 0.500. The molecule has 2 rings (SSSR count). The Labute approximate surface area is 124 Å². The van der Waals surface area contributed by atoms with Gasteiger partial charge in [-0.05, 0) is 44.4 Å². The molecule has 0 spiro atoms. The minimum Gasteiger partial charge on any atom is -0.481 e. The lowest BCUT2D eigenvalue weighted by molar-refractivity contribution is -0.154. The van der Waals surface area contributed by atoms with Crippen LogP contribution in [0.25, 0.3) is 6.08 Å². The van der Waals surface area contributed by atoms with Crippen molar-refractivity contribution in [2.24, 2.45) is 5.41 Å². The van der Waals surface area contributed by atoms with Gasteiger partial charge in [0.15, 0.2) is 0 Å². The lowest BCUT2D eigenvalue weighted by atomic mass is 9.77. The molecule has 114 valence electrons. The number of carboxylic acid groups (broad SMARTS) is 1. The summed E-state index contributed by atoms with van der Waals surface area (Å²) in [6.45, 7) is 4.59. The first kappa shape index (κ1) is 15.4. The molecule has 5 heteroatoms. The molecule has 0 saturated carbocycles. The first-order chi connectivity index (χ1) is 9.97. The third-order valence-corrected chi connectivity index (χ3v) is 4.17. The number of nitrogens with zero attached hydrogens (tertiary/aromatic N) is 1. The first-order valence-electron chi connectivity index (χ1n) is 7.24. The average Bonchev–Trinajstić information content (AvgIpc) is 2.90. The van der Waals surface area contributed by atoms with Crippen molar-refractivity contribution in [3.8, 4) is 0 Å². The van der Waals surface area contributed by atoms with Gasteiger partial charge >= 0.3 is 5.97 Å².